The van der Waals surface area contributed by atoms with Crippen LogP contribution in [0.4, 0.5) is 0 Å². The van der Waals surface area contributed by atoms with Crippen LogP contribution in [0.3, 0.4) is 0 Å². The quantitative estimate of drug-likeness (QED) is 0.661. The van der Waals surface area contributed by atoms with Gasteiger partial charge >= 0.3 is 0 Å². The molecule has 1 aliphatic heterocycles. The molecule has 2 aromatic carbocycles. The normalized spacial score (nSPS) is 17.2. The maximum atomic E-state index is 13.1. The molecule has 0 N–H and O–H groups in total. The minimum absolute atomic E-state index is 0.0259. The van der Waals surface area contributed by atoms with Crippen LogP contribution >= 0.6 is 0 Å². The number of pyridine rings is 1. The highest BCUT2D eigenvalue weighted by Crippen LogP contribution is 2.36. The van der Waals surface area contributed by atoms with Crippen molar-refractivity contribution in [1.82, 2.24) is 4.57 Å². The molecule has 6 nitrogen and oxygen atoms in total. The number of hydrogen-bond donors (Lipinski definition) is 0. The lowest BCUT2D eigenvalue weighted by atomic mass is 9.81. The highest BCUT2D eigenvalue weighted by Gasteiger charge is 2.30. The molecule has 0 unspecified atom stereocenters. The molecule has 1 atom stereocenters. The lowest BCUT2D eigenvalue weighted by Crippen LogP contribution is -2.31. The maximum Gasteiger partial charge on any atom is 0.273 e. The number of aromatic nitrogens is 1. The molecular weight excluding hydrogens is 380 g/mol. The predicted octanol–water partition coefficient (Wildman–Crippen LogP) is 3.39. The first-order valence-corrected chi connectivity index (χ1v) is 9.83. The van der Waals surface area contributed by atoms with Crippen molar-refractivity contribution in [3.05, 3.63) is 87.3 Å². The SMILES string of the molecule is N#Cc1cc2c(n(-c3ccc4c(c3)OCCO4)c1=O)C[C@@H](c1ccccc1)CC2=O. The van der Waals surface area contributed by atoms with E-state index in [1.807, 2.05) is 36.4 Å². The van der Waals surface area contributed by atoms with E-state index in [0.29, 0.717) is 54.5 Å². The molecule has 2 heterocycles. The van der Waals surface area contributed by atoms with Gasteiger partial charge < -0.3 is 9.47 Å². The fraction of sp³-hybridized carbons (Fsp3) is 0.208. The first-order chi connectivity index (χ1) is 14.7. The van der Waals surface area contributed by atoms with Gasteiger partial charge in [0.15, 0.2) is 17.3 Å². The van der Waals surface area contributed by atoms with Crippen molar-refractivity contribution in [3.63, 3.8) is 0 Å². The van der Waals surface area contributed by atoms with Crippen molar-refractivity contribution in [1.29, 1.82) is 5.26 Å². The summed E-state index contributed by atoms with van der Waals surface area (Å²) < 4.78 is 12.7. The van der Waals surface area contributed by atoms with Crippen molar-refractivity contribution in [2.45, 2.75) is 18.8 Å². The van der Waals surface area contributed by atoms with E-state index in [0.717, 1.165) is 5.56 Å². The van der Waals surface area contributed by atoms with Crippen molar-refractivity contribution in [3.8, 4) is 23.3 Å². The van der Waals surface area contributed by atoms with Gasteiger partial charge in [0.05, 0.1) is 5.69 Å². The molecule has 1 aromatic heterocycles. The third kappa shape index (κ3) is 2.96. The average Bonchev–Trinajstić information content (AvgIpc) is 2.79. The number of carbonyl (C=O) groups excluding carboxylic acids is 1. The smallest absolute Gasteiger partial charge is 0.273 e. The fourth-order valence-corrected chi connectivity index (χ4v) is 4.22. The molecule has 0 bridgehead atoms. The zero-order valence-corrected chi connectivity index (χ0v) is 16.1. The third-order valence-electron chi connectivity index (χ3n) is 5.65. The van der Waals surface area contributed by atoms with E-state index in [2.05, 4.69) is 0 Å². The second-order valence-electron chi connectivity index (χ2n) is 7.44. The molecule has 2 aliphatic rings. The van der Waals surface area contributed by atoms with E-state index in [1.54, 1.807) is 18.2 Å². The Kier molecular flexibility index (Phi) is 4.36. The van der Waals surface area contributed by atoms with Crippen molar-refractivity contribution in [2.24, 2.45) is 0 Å². The molecule has 0 spiro atoms. The summed E-state index contributed by atoms with van der Waals surface area (Å²) in [5, 5.41) is 9.48. The summed E-state index contributed by atoms with van der Waals surface area (Å²) in [4.78, 5) is 26.1. The van der Waals surface area contributed by atoms with Crippen LogP contribution in [0.15, 0.2) is 59.4 Å². The summed E-state index contributed by atoms with van der Waals surface area (Å²) in [5.41, 5.74) is 2.19. The number of benzene rings is 2. The van der Waals surface area contributed by atoms with Gasteiger partial charge in [0.2, 0.25) is 0 Å². The Labute approximate surface area is 172 Å². The minimum Gasteiger partial charge on any atom is -0.486 e. The number of Topliss-reactive ketones (excluding diaryl/α,β-unsaturated/α-hetero) is 1. The minimum atomic E-state index is -0.436. The molecule has 30 heavy (non-hydrogen) atoms. The van der Waals surface area contributed by atoms with Gasteiger partial charge in [0.25, 0.3) is 5.56 Å². The third-order valence-corrected chi connectivity index (χ3v) is 5.65. The Morgan fingerprint density at radius 3 is 2.47 bits per heavy atom. The lowest BCUT2D eigenvalue weighted by molar-refractivity contribution is 0.0962. The van der Waals surface area contributed by atoms with Crippen LogP contribution in [-0.2, 0) is 6.42 Å². The number of carbonyl (C=O) groups is 1. The lowest BCUT2D eigenvalue weighted by Gasteiger charge is -2.27. The largest absolute Gasteiger partial charge is 0.486 e. The van der Waals surface area contributed by atoms with E-state index < -0.39 is 5.56 Å². The second-order valence-corrected chi connectivity index (χ2v) is 7.44. The van der Waals surface area contributed by atoms with Gasteiger partial charge in [-0.1, -0.05) is 30.3 Å². The van der Waals surface area contributed by atoms with Crippen LogP contribution in [0.2, 0.25) is 0 Å². The van der Waals surface area contributed by atoms with Gasteiger partial charge in [-0.05, 0) is 36.1 Å². The standard InChI is InChI=1S/C24H18N2O4/c25-14-17-10-19-20(11-16(12-21(19)27)15-4-2-1-3-5-15)26(24(17)28)18-6-7-22-23(13-18)30-9-8-29-22/h1-7,10,13,16H,8-9,11-12H2/t16-/m1/s1. The summed E-state index contributed by atoms with van der Waals surface area (Å²) >= 11 is 0. The number of ketones is 1. The molecule has 5 rings (SSSR count). The van der Waals surface area contributed by atoms with Crippen LogP contribution in [0.1, 0.15) is 39.5 Å². The molecule has 0 saturated heterocycles. The van der Waals surface area contributed by atoms with Crippen LogP contribution < -0.4 is 15.0 Å². The molecule has 0 amide bonds. The Hall–Kier alpha value is -3.85. The number of rotatable bonds is 2. The summed E-state index contributed by atoms with van der Waals surface area (Å²) in [6, 6.07) is 18.4. The van der Waals surface area contributed by atoms with E-state index in [9.17, 15) is 14.9 Å². The van der Waals surface area contributed by atoms with Gasteiger partial charge in [-0.2, -0.15) is 5.26 Å². The second kappa shape index (κ2) is 7.20. The number of nitrogens with zero attached hydrogens (tertiary/aromatic N) is 2. The Bertz CT molecular complexity index is 1250. The van der Waals surface area contributed by atoms with Gasteiger partial charge in [0, 0.05) is 23.7 Å². The van der Waals surface area contributed by atoms with Crippen LogP contribution in [0.25, 0.3) is 5.69 Å². The first-order valence-electron chi connectivity index (χ1n) is 9.83. The first kappa shape index (κ1) is 18.2. The Morgan fingerprint density at radius 1 is 0.933 bits per heavy atom. The molecule has 148 valence electrons. The van der Waals surface area contributed by atoms with E-state index >= 15 is 0 Å². The Morgan fingerprint density at radius 2 is 1.70 bits per heavy atom. The number of ether oxygens (including phenoxy) is 2. The number of fused-ring (bicyclic) bond motifs is 2. The molecule has 0 saturated carbocycles. The summed E-state index contributed by atoms with van der Waals surface area (Å²) in [6.07, 6.45) is 0.877. The van der Waals surface area contributed by atoms with Crippen molar-refractivity contribution >= 4 is 5.78 Å². The maximum absolute atomic E-state index is 13.1. The van der Waals surface area contributed by atoms with Crippen LogP contribution in [0.5, 0.6) is 11.5 Å². The van der Waals surface area contributed by atoms with Gasteiger partial charge in [-0.25, -0.2) is 0 Å². The van der Waals surface area contributed by atoms with Crippen molar-refractivity contribution in [2.75, 3.05) is 13.2 Å². The molecule has 0 radical (unpaired) electrons. The predicted molar refractivity (Wildman–Crippen MR) is 110 cm³/mol. The highest BCUT2D eigenvalue weighted by molar-refractivity contribution is 5.99. The van der Waals surface area contributed by atoms with E-state index in [-0.39, 0.29) is 17.3 Å². The van der Waals surface area contributed by atoms with Gasteiger partial charge in [0.1, 0.15) is 24.8 Å². The summed E-state index contributed by atoms with van der Waals surface area (Å²) in [7, 11) is 0. The summed E-state index contributed by atoms with van der Waals surface area (Å²) in [6.45, 7) is 0.898. The van der Waals surface area contributed by atoms with E-state index in [4.69, 9.17) is 9.47 Å². The van der Waals surface area contributed by atoms with E-state index in [1.165, 1.54) is 10.6 Å². The molecule has 3 aromatic rings. The zero-order valence-electron chi connectivity index (χ0n) is 16.1. The number of hydrogen-bond acceptors (Lipinski definition) is 5. The zero-order chi connectivity index (χ0) is 20.7. The fourth-order valence-electron chi connectivity index (χ4n) is 4.22. The van der Waals surface area contributed by atoms with Crippen molar-refractivity contribution < 1.29 is 14.3 Å². The summed E-state index contributed by atoms with van der Waals surface area (Å²) in [5.74, 6) is 1.07. The Balaban J connectivity index is 1.70. The molecule has 6 heteroatoms. The molecule has 0 fully saturated rings. The van der Waals surface area contributed by atoms with Crippen LogP contribution in [0, 0.1) is 11.3 Å². The monoisotopic (exact) mass is 398 g/mol. The molecular formula is C24H18N2O4. The number of nitriles is 1. The topological polar surface area (TPSA) is 81.3 Å². The average molecular weight is 398 g/mol. The van der Waals surface area contributed by atoms with Gasteiger partial charge in [-0.15, -0.1) is 0 Å². The molecule has 1 aliphatic carbocycles. The van der Waals surface area contributed by atoms with Gasteiger partial charge in [-0.3, -0.25) is 14.2 Å². The highest BCUT2D eigenvalue weighted by atomic mass is 16.6. The van der Waals surface area contributed by atoms with Crippen LogP contribution in [-0.4, -0.2) is 23.6 Å².